The van der Waals surface area contributed by atoms with Crippen molar-refractivity contribution in [1.29, 1.82) is 0 Å². The number of amides is 2. The van der Waals surface area contributed by atoms with Crippen molar-refractivity contribution >= 4 is 17.6 Å². The van der Waals surface area contributed by atoms with Gasteiger partial charge in [0, 0.05) is 17.8 Å². The van der Waals surface area contributed by atoms with Crippen LogP contribution in [0, 0.1) is 5.41 Å². The van der Waals surface area contributed by atoms with Gasteiger partial charge < -0.3 is 20.4 Å². The molecule has 2 unspecified atom stereocenters. The van der Waals surface area contributed by atoms with E-state index in [1.54, 1.807) is 0 Å². The van der Waals surface area contributed by atoms with E-state index in [4.69, 9.17) is 4.74 Å². The van der Waals surface area contributed by atoms with Crippen LogP contribution >= 0.6 is 0 Å². The lowest BCUT2D eigenvalue weighted by Crippen LogP contribution is -2.52. The minimum absolute atomic E-state index is 0.00746. The van der Waals surface area contributed by atoms with E-state index in [1.807, 2.05) is 0 Å². The zero-order chi connectivity index (χ0) is 19.4. The number of aromatic nitrogens is 1. The second-order valence-electron chi connectivity index (χ2n) is 7.73. The Bertz CT molecular complexity index is 782. The zero-order valence-electron chi connectivity index (χ0n) is 15.4. The third-order valence-electron chi connectivity index (χ3n) is 5.40. The van der Waals surface area contributed by atoms with E-state index in [1.165, 1.54) is 18.3 Å². The average Bonchev–Trinajstić information content (AvgIpc) is 3.23. The molecule has 2 atom stereocenters. The molecule has 1 aliphatic carbocycles. The summed E-state index contributed by atoms with van der Waals surface area (Å²) in [6, 6.07) is 1.22. The van der Waals surface area contributed by atoms with Gasteiger partial charge >= 0.3 is 0 Å². The van der Waals surface area contributed by atoms with Crippen LogP contribution in [0.2, 0.25) is 0 Å². The van der Waals surface area contributed by atoms with Gasteiger partial charge in [0.1, 0.15) is 18.7 Å². The summed E-state index contributed by atoms with van der Waals surface area (Å²) in [6.07, 6.45) is 6.05. The lowest BCUT2D eigenvalue weighted by molar-refractivity contribution is -0.127. The molecule has 1 aromatic rings. The molecule has 1 saturated heterocycles. The Balaban J connectivity index is 1.74. The monoisotopic (exact) mass is 375 g/mol. The molecule has 3 rings (SSSR count). The molecular formula is C19H25N3O5. The lowest BCUT2D eigenvalue weighted by Gasteiger charge is -2.29. The van der Waals surface area contributed by atoms with Gasteiger partial charge in [-0.25, -0.2) is 0 Å². The zero-order valence-corrected chi connectivity index (χ0v) is 15.4. The number of ether oxygens (including phenoxy) is 1. The summed E-state index contributed by atoms with van der Waals surface area (Å²) in [6.45, 7) is 2.26. The largest absolute Gasteiger partial charge is 0.371 e. The van der Waals surface area contributed by atoms with Crippen molar-refractivity contribution in [2.75, 3.05) is 13.2 Å². The van der Waals surface area contributed by atoms with Crippen LogP contribution in [0.5, 0.6) is 0 Å². The number of hydrogen-bond donors (Lipinski definition) is 3. The van der Waals surface area contributed by atoms with Gasteiger partial charge in [-0.2, -0.15) is 0 Å². The lowest BCUT2D eigenvalue weighted by atomic mass is 9.81. The van der Waals surface area contributed by atoms with E-state index in [9.17, 15) is 19.2 Å². The van der Waals surface area contributed by atoms with E-state index in [0.29, 0.717) is 6.42 Å². The Hall–Kier alpha value is -2.48. The van der Waals surface area contributed by atoms with Gasteiger partial charge in [0.15, 0.2) is 5.78 Å². The molecule has 0 bridgehead atoms. The summed E-state index contributed by atoms with van der Waals surface area (Å²) >= 11 is 0. The highest BCUT2D eigenvalue weighted by Crippen LogP contribution is 2.41. The first-order chi connectivity index (χ1) is 12.9. The first-order valence-electron chi connectivity index (χ1n) is 9.27. The quantitative estimate of drug-likeness (QED) is 0.670. The first-order valence-corrected chi connectivity index (χ1v) is 9.27. The number of pyridine rings is 1. The number of H-pyrrole nitrogens is 1. The first kappa shape index (κ1) is 19.3. The number of hydrogen-bond acceptors (Lipinski definition) is 5. The molecule has 1 saturated carbocycles. The van der Waals surface area contributed by atoms with Gasteiger partial charge in [0.25, 0.3) is 5.91 Å². The molecule has 2 fully saturated rings. The van der Waals surface area contributed by atoms with E-state index in [0.717, 1.165) is 25.7 Å². The Labute approximate surface area is 157 Å². The number of ketones is 1. The normalized spacial score (nSPS) is 22.4. The van der Waals surface area contributed by atoms with Gasteiger partial charge in [0.05, 0.1) is 6.61 Å². The van der Waals surface area contributed by atoms with Crippen LogP contribution in [-0.2, 0) is 14.3 Å². The third kappa shape index (κ3) is 4.82. The van der Waals surface area contributed by atoms with Crippen molar-refractivity contribution in [2.45, 2.75) is 51.1 Å². The van der Waals surface area contributed by atoms with E-state index in [2.05, 4.69) is 22.5 Å². The summed E-state index contributed by atoms with van der Waals surface area (Å²) in [7, 11) is 0. The van der Waals surface area contributed by atoms with E-state index < -0.39 is 23.9 Å². The number of carbonyl (C=O) groups is 3. The van der Waals surface area contributed by atoms with Crippen molar-refractivity contribution in [3.05, 3.63) is 34.2 Å². The average molecular weight is 375 g/mol. The second kappa shape index (κ2) is 8.04. The molecule has 0 spiro atoms. The maximum absolute atomic E-state index is 12.8. The molecule has 1 aromatic heterocycles. The van der Waals surface area contributed by atoms with Crippen molar-refractivity contribution < 1.29 is 19.1 Å². The molecule has 27 heavy (non-hydrogen) atoms. The number of Topliss-reactive ketones (excluding diaryl/α,β-unsaturated/α-hetero) is 1. The Morgan fingerprint density at radius 1 is 1.33 bits per heavy atom. The molecule has 1 aliphatic heterocycles. The standard InChI is InChI=1S/C19H25N3O5/c1-19(5-2-3-6-19)9-13(18(26)22-14-10-27-11-15(14)23)21-17(25)12-4-7-20-16(24)8-12/h4,7-8,13-14H,2-3,5-6,9-11H2,1H3,(H,20,24)(H,21,25)(H,22,26). The number of rotatable bonds is 6. The Morgan fingerprint density at radius 3 is 2.70 bits per heavy atom. The van der Waals surface area contributed by atoms with Crippen LogP contribution in [0.15, 0.2) is 23.1 Å². The summed E-state index contributed by atoms with van der Waals surface area (Å²) in [5.74, 6) is -1.06. The minimum Gasteiger partial charge on any atom is -0.371 e. The van der Waals surface area contributed by atoms with Crippen molar-refractivity contribution in [2.24, 2.45) is 5.41 Å². The molecule has 0 radical (unpaired) electrons. The molecule has 2 heterocycles. The van der Waals surface area contributed by atoms with E-state index in [-0.39, 0.29) is 35.5 Å². The molecule has 8 heteroatoms. The van der Waals surface area contributed by atoms with Gasteiger partial charge in [-0.1, -0.05) is 19.8 Å². The molecule has 2 amide bonds. The number of carbonyl (C=O) groups excluding carboxylic acids is 3. The minimum atomic E-state index is -0.784. The molecule has 8 nitrogen and oxygen atoms in total. The molecule has 3 N–H and O–H groups in total. The predicted molar refractivity (Wildman–Crippen MR) is 97.3 cm³/mol. The summed E-state index contributed by atoms with van der Waals surface area (Å²) in [5, 5.41) is 5.44. The van der Waals surface area contributed by atoms with Crippen LogP contribution in [0.1, 0.15) is 49.4 Å². The number of nitrogens with one attached hydrogen (secondary N) is 3. The van der Waals surface area contributed by atoms with Gasteiger partial charge in [-0.05, 0) is 30.7 Å². The fraction of sp³-hybridized carbons (Fsp3) is 0.579. The van der Waals surface area contributed by atoms with Crippen LogP contribution in [0.3, 0.4) is 0 Å². The predicted octanol–water partition coefficient (Wildman–Crippen LogP) is 0.528. The maximum atomic E-state index is 12.8. The van der Waals surface area contributed by atoms with Crippen LogP contribution in [-0.4, -0.2) is 47.9 Å². The molecule has 0 aromatic carbocycles. The molecule has 2 aliphatic rings. The fourth-order valence-corrected chi connectivity index (χ4v) is 3.83. The third-order valence-corrected chi connectivity index (χ3v) is 5.40. The van der Waals surface area contributed by atoms with Crippen LogP contribution < -0.4 is 16.2 Å². The summed E-state index contributed by atoms with van der Waals surface area (Å²) in [5.41, 5.74) is -0.242. The van der Waals surface area contributed by atoms with Crippen LogP contribution in [0.4, 0.5) is 0 Å². The van der Waals surface area contributed by atoms with Gasteiger partial charge in [-0.3, -0.25) is 19.2 Å². The van der Waals surface area contributed by atoms with Crippen molar-refractivity contribution in [3.8, 4) is 0 Å². The Morgan fingerprint density at radius 2 is 2.07 bits per heavy atom. The van der Waals surface area contributed by atoms with Crippen LogP contribution in [0.25, 0.3) is 0 Å². The molecule has 146 valence electrons. The van der Waals surface area contributed by atoms with Crippen molar-refractivity contribution in [3.63, 3.8) is 0 Å². The SMILES string of the molecule is CC1(CC(NC(=O)c2cc[nH]c(=O)c2)C(=O)NC2COCC2=O)CCCC1. The smallest absolute Gasteiger partial charge is 0.252 e. The highest BCUT2D eigenvalue weighted by Gasteiger charge is 2.37. The summed E-state index contributed by atoms with van der Waals surface area (Å²) in [4.78, 5) is 51.0. The topological polar surface area (TPSA) is 117 Å². The fourth-order valence-electron chi connectivity index (χ4n) is 3.83. The Kier molecular flexibility index (Phi) is 5.74. The maximum Gasteiger partial charge on any atom is 0.252 e. The molecular weight excluding hydrogens is 350 g/mol. The highest BCUT2D eigenvalue weighted by molar-refractivity contribution is 5.98. The highest BCUT2D eigenvalue weighted by atomic mass is 16.5. The number of aromatic amines is 1. The second-order valence-corrected chi connectivity index (χ2v) is 7.73. The van der Waals surface area contributed by atoms with E-state index >= 15 is 0 Å². The van der Waals surface area contributed by atoms with Crippen molar-refractivity contribution in [1.82, 2.24) is 15.6 Å². The van der Waals surface area contributed by atoms with Gasteiger partial charge in [0.2, 0.25) is 11.5 Å². The summed E-state index contributed by atoms with van der Waals surface area (Å²) < 4.78 is 5.08. The van der Waals surface area contributed by atoms with Gasteiger partial charge in [-0.15, -0.1) is 0 Å².